The molecule has 0 aromatic heterocycles. The fourth-order valence-corrected chi connectivity index (χ4v) is 2.68. The third-order valence-corrected chi connectivity index (χ3v) is 3.84. The van der Waals surface area contributed by atoms with Crippen molar-refractivity contribution in [2.45, 2.75) is 26.7 Å². The molecule has 94 valence electrons. The van der Waals surface area contributed by atoms with Gasteiger partial charge >= 0.3 is 0 Å². The van der Waals surface area contributed by atoms with E-state index < -0.39 is 11.4 Å². The first-order valence-electron chi connectivity index (χ1n) is 5.43. The topological polar surface area (TPSA) is 35.4 Å². The van der Waals surface area contributed by atoms with E-state index in [0.29, 0.717) is 17.0 Å². The largest absolute Gasteiger partial charge is 0.591 e. The minimum Gasteiger partial charge on any atom is -0.591 e. The molecule has 1 aromatic carbocycles. The Hall–Kier alpha value is -0.390. The van der Waals surface area contributed by atoms with Crippen LogP contribution in [0.5, 0.6) is 0 Å². The average molecular weight is 320 g/mol. The van der Waals surface area contributed by atoms with Crippen LogP contribution in [0.1, 0.15) is 32.3 Å². The van der Waals surface area contributed by atoms with E-state index in [0.717, 1.165) is 17.3 Å². The molecule has 1 atom stereocenters. The molecule has 2 nitrogen and oxygen atoms in total. The lowest BCUT2D eigenvalue weighted by Gasteiger charge is -2.06. The van der Waals surface area contributed by atoms with Gasteiger partial charge in [0.25, 0.3) is 0 Å². The molecule has 0 fully saturated rings. The molecule has 0 radical (unpaired) electrons. The standard InChI is InChI=1S/C12H15BrFNOS/c1-3-4-7-17(16)15-9(2)11-8-10(13)5-6-12(11)14/h5-6,8H,3-4,7H2,1-2H3/b15-9+. The molecule has 0 N–H and O–H groups in total. The van der Waals surface area contributed by atoms with E-state index in [9.17, 15) is 8.94 Å². The number of nitrogens with zero attached hydrogens (tertiary/aromatic N) is 1. The van der Waals surface area contributed by atoms with Gasteiger partial charge in [0.1, 0.15) is 11.6 Å². The molecule has 0 amide bonds. The smallest absolute Gasteiger partial charge is 0.133 e. The second-order valence-corrected chi connectivity index (χ2v) is 5.83. The Labute approximate surface area is 113 Å². The van der Waals surface area contributed by atoms with Crippen LogP contribution >= 0.6 is 15.9 Å². The van der Waals surface area contributed by atoms with E-state index in [1.807, 2.05) is 6.92 Å². The van der Waals surface area contributed by atoms with Crippen molar-refractivity contribution >= 4 is 33.0 Å². The number of hydrogen-bond donors (Lipinski definition) is 0. The summed E-state index contributed by atoms with van der Waals surface area (Å²) in [7, 11) is 0. The van der Waals surface area contributed by atoms with Gasteiger partial charge in [0, 0.05) is 10.0 Å². The Bertz CT molecular complexity index is 411. The summed E-state index contributed by atoms with van der Waals surface area (Å²) in [4.78, 5) is 0. The molecule has 5 heteroatoms. The molecule has 17 heavy (non-hydrogen) atoms. The summed E-state index contributed by atoms with van der Waals surface area (Å²) in [5.74, 6) is 0.186. The molecule has 1 aromatic rings. The van der Waals surface area contributed by atoms with Gasteiger partial charge < -0.3 is 4.55 Å². The molecule has 1 rings (SSSR count). The summed E-state index contributed by atoms with van der Waals surface area (Å²) in [6.45, 7) is 3.70. The van der Waals surface area contributed by atoms with Gasteiger partial charge in [0.05, 0.1) is 17.1 Å². The van der Waals surface area contributed by atoms with Crippen LogP contribution in [0.2, 0.25) is 0 Å². The highest BCUT2D eigenvalue weighted by Crippen LogP contribution is 2.17. The van der Waals surface area contributed by atoms with E-state index in [4.69, 9.17) is 0 Å². The first-order chi connectivity index (χ1) is 8.04. The molecule has 0 aliphatic heterocycles. The predicted octanol–water partition coefficient (Wildman–Crippen LogP) is 3.86. The molecule has 0 heterocycles. The van der Waals surface area contributed by atoms with Crippen molar-refractivity contribution < 1.29 is 8.94 Å². The zero-order valence-electron chi connectivity index (χ0n) is 9.87. The van der Waals surface area contributed by atoms with Crippen LogP contribution < -0.4 is 0 Å². The Kier molecular flexibility index (Phi) is 6.16. The molecular formula is C12H15BrFNOS. The highest BCUT2D eigenvalue weighted by molar-refractivity contribution is 9.10. The predicted molar refractivity (Wildman–Crippen MR) is 74.2 cm³/mol. The SMILES string of the molecule is CCCC[S+]([O-])/N=C(\C)c1cc(Br)ccc1F. The summed E-state index contributed by atoms with van der Waals surface area (Å²) in [5, 5.41) is 0. The van der Waals surface area contributed by atoms with Gasteiger partial charge in [0.15, 0.2) is 0 Å². The van der Waals surface area contributed by atoms with Gasteiger partial charge in [-0.15, -0.1) is 0 Å². The molecule has 0 saturated carbocycles. The maximum absolute atomic E-state index is 13.5. The second-order valence-electron chi connectivity index (χ2n) is 3.68. The maximum atomic E-state index is 13.5. The Morgan fingerprint density at radius 1 is 1.53 bits per heavy atom. The molecular weight excluding hydrogens is 305 g/mol. The average Bonchev–Trinajstić information content (AvgIpc) is 2.29. The fourth-order valence-electron chi connectivity index (χ4n) is 1.29. The van der Waals surface area contributed by atoms with E-state index in [2.05, 4.69) is 20.3 Å². The van der Waals surface area contributed by atoms with Gasteiger partial charge in [-0.3, -0.25) is 0 Å². The quantitative estimate of drug-likeness (QED) is 0.599. The van der Waals surface area contributed by atoms with Crippen molar-refractivity contribution in [2.24, 2.45) is 4.40 Å². The summed E-state index contributed by atoms with van der Waals surface area (Å²) in [5.41, 5.74) is 0.863. The van der Waals surface area contributed by atoms with E-state index >= 15 is 0 Å². The zero-order chi connectivity index (χ0) is 12.8. The first kappa shape index (κ1) is 14.7. The minimum atomic E-state index is -1.26. The van der Waals surface area contributed by atoms with Crippen LogP contribution in [0.3, 0.4) is 0 Å². The molecule has 0 saturated heterocycles. The van der Waals surface area contributed by atoms with Crippen LogP contribution in [-0.4, -0.2) is 16.0 Å². The van der Waals surface area contributed by atoms with Crippen LogP contribution in [0.25, 0.3) is 0 Å². The Morgan fingerprint density at radius 3 is 2.88 bits per heavy atom. The number of hydrogen-bond acceptors (Lipinski definition) is 2. The van der Waals surface area contributed by atoms with Gasteiger partial charge in [-0.05, 0) is 31.5 Å². The highest BCUT2D eigenvalue weighted by atomic mass is 79.9. The summed E-state index contributed by atoms with van der Waals surface area (Å²) in [6, 6.07) is 4.64. The molecule has 0 aliphatic carbocycles. The second kappa shape index (κ2) is 7.13. The number of unbranched alkanes of at least 4 members (excludes halogenated alkanes) is 1. The minimum absolute atomic E-state index is 0.345. The van der Waals surface area contributed by atoms with Gasteiger partial charge in [0.2, 0.25) is 0 Å². The van der Waals surface area contributed by atoms with Crippen molar-refractivity contribution in [3.63, 3.8) is 0 Å². The van der Waals surface area contributed by atoms with Crippen molar-refractivity contribution in [2.75, 3.05) is 5.75 Å². The lowest BCUT2D eigenvalue weighted by atomic mass is 10.1. The van der Waals surface area contributed by atoms with Crippen LogP contribution in [0, 0.1) is 5.82 Å². The lowest BCUT2D eigenvalue weighted by molar-refractivity contribution is 0.593. The summed E-state index contributed by atoms with van der Waals surface area (Å²) in [6.07, 6.45) is 1.84. The van der Waals surface area contributed by atoms with Crippen molar-refractivity contribution in [3.8, 4) is 0 Å². The van der Waals surface area contributed by atoms with Crippen LogP contribution in [-0.2, 0) is 11.4 Å². The fraction of sp³-hybridized carbons (Fsp3) is 0.417. The molecule has 0 spiro atoms. The van der Waals surface area contributed by atoms with Gasteiger partial charge in [-0.1, -0.05) is 33.7 Å². The van der Waals surface area contributed by atoms with E-state index in [1.54, 1.807) is 19.1 Å². The van der Waals surface area contributed by atoms with Crippen molar-refractivity contribution in [1.29, 1.82) is 0 Å². The summed E-state index contributed by atoms with van der Waals surface area (Å²) < 4.78 is 29.9. The third-order valence-electron chi connectivity index (χ3n) is 2.23. The van der Waals surface area contributed by atoms with Crippen LogP contribution in [0.4, 0.5) is 4.39 Å². The third kappa shape index (κ3) is 4.77. The number of halogens is 2. The molecule has 0 bridgehead atoms. The van der Waals surface area contributed by atoms with Crippen molar-refractivity contribution in [1.82, 2.24) is 0 Å². The van der Waals surface area contributed by atoms with E-state index in [-0.39, 0.29) is 5.82 Å². The first-order valence-corrected chi connectivity index (χ1v) is 7.50. The maximum Gasteiger partial charge on any atom is 0.133 e. The Morgan fingerprint density at radius 2 is 2.24 bits per heavy atom. The zero-order valence-corrected chi connectivity index (χ0v) is 12.3. The van der Waals surface area contributed by atoms with Crippen molar-refractivity contribution in [3.05, 3.63) is 34.1 Å². The lowest BCUT2D eigenvalue weighted by Crippen LogP contribution is -2.08. The highest BCUT2D eigenvalue weighted by Gasteiger charge is 2.10. The number of benzene rings is 1. The molecule has 0 aliphatic rings. The van der Waals surface area contributed by atoms with E-state index in [1.165, 1.54) is 6.07 Å². The van der Waals surface area contributed by atoms with Crippen LogP contribution in [0.15, 0.2) is 27.1 Å². The monoisotopic (exact) mass is 319 g/mol. The molecule has 1 unspecified atom stereocenters. The van der Waals surface area contributed by atoms with Gasteiger partial charge in [-0.25, -0.2) is 4.39 Å². The van der Waals surface area contributed by atoms with Gasteiger partial charge in [-0.2, -0.15) is 0 Å². The number of rotatable bonds is 5. The Balaban J connectivity index is 2.83. The summed E-state index contributed by atoms with van der Waals surface area (Å²) >= 11 is 2.02. The normalized spacial score (nSPS) is 13.8.